The van der Waals surface area contributed by atoms with E-state index in [-0.39, 0.29) is 23.5 Å². The quantitative estimate of drug-likeness (QED) is 0.485. The average Bonchev–Trinajstić information content (AvgIpc) is 2.86. The molecule has 1 N–H and O–H groups in total. The fourth-order valence-electron chi connectivity index (χ4n) is 2.95. The minimum Gasteiger partial charge on any atom is -0.497 e. The standard InChI is InChI=1S/C19H21ClN4O3/c1-27-15-6-7-16-13(10-15)9-14(19(20)22-16)11-21-23-17(25)12-24-8-4-2-3-5-18(24)26/h6-7,9-11H,2-5,8,12H2,1H3,(H,23,25)/b21-11-. The molecule has 27 heavy (non-hydrogen) atoms. The highest BCUT2D eigenvalue weighted by molar-refractivity contribution is 6.32. The maximum Gasteiger partial charge on any atom is 0.259 e. The van der Waals surface area contributed by atoms with Crippen molar-refractivity contribution in [2.45, 2.75) is 25.7 Å². The molecule has 0 spiro atoms. The number of carbonyl (C=O) groups is 2. The van der Waals surface area contributed by atoms with Crippen LogP contribution in [0.5, 0.6) is 5.75 Å². The molecule has 0 radical (unpaired) electrons. The minimum atomic E-state index is -0.340. The number of nitrogens with one attached hydrogen (secondary N) is 1. The van der Waals surface area contributed by atoms with Crippen LogP contribution in [0.4, 0.5) is 0 Å². The number of pyridine rings is 1. The third kappa shape index (κ3) is 4.95. The number of hydrazone groups is 1. The lowest BCUT2D eigenvalue weighted by Crippen LogP contribution is -2.39. The third-order valence-corrected chi connectivity index (χ3v) is 4.70. The monoisotopic (exact) mass is 388 g/mol. The number of carbonyl (C=O) groups excluding carboxylic acids is 2. The van der Waals surface area contributed by atoms with Crippen LogP contribution >= 0.6 is 11.6 Å². The topological polar surface area (TPSA) is 83.9 Å². The van der Waals surface area contributed by atoms with Crippen molar-refractivity contribution in [1.29, 1.82) is 0 Å². The Morgan fingerprint density at radius 3 is 3.04 bits per heavy atom. The first-order valence-corrected chi connectivity index (χ1v) is 9.18. The van der Waals surface area contributed by atoms with Crippen LogP contribution < -0.4 is 10.2 Å². The predicted octanol–water partition coefficient (Wildman–Crippen LogP) is 2.75. The zero-order valence-electron chi connectivity index (χ0n) is 15.1. The van der Waals surface area contributed by atoms with E-state index in [1.165, 1.54) is 6.21 Å². The molecule has 3 rings (SSSR count). The van der Waals surface area contributed by atoms with Crippen LogP contribution in [-0.4, -0.2) is 48.1 Å². The maximum absolute atomic E-state index is 12.1. The van der Waals surface area contributed by atoms with Gasteiger partial charge in [0.25, 0.3) is 5.91 Å². The van der Waals surface area contributed by atoms with Crippen LogP contribution in [0.1, 0.15) is 31.2 Å². The number of aromatic nitrogens is 1. The summed E-state index contributed by atoms with van der Waals surface area (Å²) in [6, 6.07) is 7.30. The largest absolute Gasteiger partial charge is 0.497 e. The molecular weight excluding hydrogens is 368 g/mol. The summed E-state index contributed by atoms with van der Waals surface area (Å²) in [7, 11) is 1.59. The molecule has 0 aliphatic carbocycles. The summed E-state index contributed by atoms with van der Waals surface area (Å²) in [5.41, 5.74) is 3.75. The lowest BCUT2D eigenvalue weighted by atomic mass is 10.1. The molecule has 1 aromatic carbocycles. The number of benzene rings is 1. The van der Waals surface area contributed by atoms with Gasteiger partial charge in [0.15, 0.2) is 0 Å². The van der Waals surface area contributed by atoms with Crippen molar-refractivity contribution >= 4 is 40.5 Å². The van der Waals surface area contributed by atoms with Gasteiger partial charge in [0.1, 0.15) is 17.4 Å². The van der Waals surface area contributed by atoms with Gasteiger partial charge in [-0.2, -0.15) is 5.10 Å². The highest BCUT2D eigenvalue weighted by atomic mass is 35.5. The molecule has 2 amide bonds. The summed E-state index contributed by atoms with van der Waals surface area (Å²) >= 11 is 6.19. The van der Waals surface area contributed by atoms with Gasteiger partial charge in [0.05, 0.1) is 18.8 Å². The molecule has 1 saturated heterocycles. The second-order valence-electron chi connectivity index (χ2n) is 6.35. The predicted molar refractivity (Wildman–Crippen MR) is 104 cm³/mol. The highest BCUT2D eigenvalue weighted by Crippen LogP contribution is 2.23. The Morgan fingerprint density at radius 2 is 2.22 bits per heavy atom. The Hall–Kier alpha value is -2.67. The maximum atomic E-state index is 12.1. The molecule has 0 saturated carbocycles. The molecule has 7 nitrogen and oxygen atoms in total. The van der Waals surface area contributed by atoms with Gasteiger partial charge in [0, 0.05) is 23.9 Å². The van der Waals surface area contributed by atoms with Gasteiger partial charge in [-0.05, 0) is 37.1 Å². The molecule has 0 unspecified atom stereocenters. The zero-order valence-corrected chi connectivity index (χ0v) is 15.8. The molecule has 2 heterocycles. The van der Waals surface area contributed by atoms with E-state index in [0.717, 1.165) is 30.2 Å². The highest BCUT2D eigenvalue weighted by Gasteiger charge is 2.18. The second-order valence-corrected chi connectivity index (χ2v) is 6.70. The molecule has 8 heteroatoms. The normalized spacial score (nSPS) is 15.2. The molecule has 0 atom stereocenters. The number of rotatable bonds is 5. The first kappa shape index (κ1) is 19.1. The SMILES string of the molecule is COc1ccc2nc(Cl)c(/C=N\NC(=O)CN3CCCCCC3=O)cc2c1. The van der Waals surface area contributed by atoms with Gasteiger partial charge in [-0.3, -0.25) is 9.59 Å². The Bertz CT molecular complexity index is 885. The number of likely N-dealkylation sites (tertiary alicyclic amines) is 1. The Morgan fingerprint density at radius 1 is 1.37 bits per heavy atom. The average molecular weight is 389 g/mol. The summed E-state index contributed by atoms with van der Waals surface area (Å²) in [5, 5.41) is 5.08. The minimum absolute atomic E-state index is 0.0110. The van der Waals surface area contributed by atoms with Crippen LogP contribution in [0, 0.1) is 0 Å². The number of methoxy groups -OCH3 is 1. The number of hydrogen-bond donors (Lipinski definition) is 1. The fourth-order valence-corrected chi connectivity index (χ4v) is 3.15. The molecule has 1 aliphatic rings. The van der Waals surface area contributed by atoms with Crippen LogP contribution in [0.3, 0.4) is 0 Å². The lowest BCUT2D eigenvalue weighted by molar-refractivity contribution is -0.135. The van der Waals surface area contributed by atoms with Crippen molar-refractivity contribution in [2.75, 3.05) is 20.2 Å². The molecule has 1 aromatic heterocycles. The second kappa shape index (κ2) is 8.81. The number of halogens is 1. The van der Waals surface area contributed by atoms with E-state index in [1.807, 2.05) is 24.3 Å². The number of hydrogen-bond acceptors (Lipinski definition) is 5. The smallest absolute Gasteiger partial charge is 0.259 e. The van der Waals surface area contributed by atoms with Gasteiger partial charge in [-0.25, -0.2) is 10.4 Å². The summed E-state index contributed by atoms with van der Waals surface area (Å²) in [6.07, 6.45) is 4.76. The van der Waals surface area contributed by atoms with Crippen LogP contribution in [-0.2, 0) is 9.59 Å². The van der Waals surface area contributed by atoms with Gasteiger partial charge in [0.2, 0.25) is 5.91 Å². The summed E-state index contributed by atoms with van der Waals surface area (Å²) in [5.74, 6) is 0.389. The molecular formula is C19H21ClN4O3. The van der Waals surface area contributed by atoms with Crippen molar-refractivity contribution in [1.82, 2.24) is 15.3 Å². The summed E-state index contributed by atoms with van der Waals surface area (Å²) < 4.78 is 5.21. The van der Waals surface area contributed by atoms with Crippen molar-refractivity contribution in [3.05, 3.63) is 35.0 Å². The van der Waals surface area contributed by atoms with E-state index < -0.39 is 0 Å². The van der Waals surface area contributed by atoms with Crippen molar-refractivity contribution in [3.8, 4) is 5.75 Å². The molecule has 142 valence electrons. The Labute approximate surface area is 162 Å². The van der Waals surface area contributed by atoms with E-state index in [9.17, 15) is 9.59 Å². The number of nitrogens with zero attached hydrogens (tertiary/aromatic N) is 3. The van der Waals surface area contributed by atoms with E-state index >= 15 is 0 Å². The Balaban J connectivity index is 1.65. The van der Waals surface area contributed by atoms with E-state index in [4.69, 9.17) is 16.3 Å². The molecule has 1 aliphatic heterocycles. The molecule has 0 bridgehead atoms. The number of amides is 2. The summed E-state index contributed by atoms with van der Waals surface area (Å²) in [6.45, 7) is 0.620. The van der Waals surface area contributed by atoms with Crippen molar-refractivity contribution in [3.63, 3.8) is 0 Å². The van der Waals surface area contributed by atoms with E-state index in [0.29, 0.717) is 24.3 Å². The third-order valence-electron chi connectivity index (χ3n) is 4.40. The molecule has 2 aromatic rings. The van der Waals surface area contributed by atoms with E-state index in [1.54, 1.807) is 12.0 Å². The molecule has 1 fully saturated rings. The Kier molecular flexibility index (Phi) is 6.24. The summed E-state index contributed by atoms with van der Waals surface area (Å²) in [4.78, 5) is 29.9. The van der Waals surface area contributed by atoms with Crippen molar-refractivity contribution in [2.24, 2.45) is 5.10 Å². The number of fused-ring (bicyclic) bond motifs is 1. The van der Waals surface area contributed by atoms with Gasteiger partial charge in [-0.1, -0.05) is 18.0 Å². The van der Waals surface area contributed by atoms with Crippen LogP contribution in [0.25, 0.3) is 10.9 Å². The lowest BCUT2D eigenvalue weighted by Gasteiger charge is -2.18. The number of ether oxygens (including phenoxy) is 1. The first-order valence-electron chi connectivity index (χ1n) is 8.81. The van der Waals surface area contributed by atoms with Crippen LogP contribution in [0.15, 0.2) is 29.4 Å². The van der Waals surface area contributed by atoms with Gasteiger partial charge < -0.3 is 9.64 Å². The van der Waals surface area contributed by atoms with E-state index in [2.05, 4.69) is 15.5 Å². The van der Waals surface area contributed by atoms with Crippen molar-refractivity contribution < 1.29 is 14.3 Å². The van der Waals surface area contributed by atoms with Crippen LogP contribution in [0.2, 0.25) is 5.15 Å². The van der Waals surface area contributed by atoms with Gasteiger partial charge in [-0.15, -0.1) is 0 Å². The first-order chi connectivity index (χ1) is 13.1. The fraction of sp³-hybridized carbons (Fsp3) is 0.368. The van der Waals surface area contributed by atoms with Gasteiger partial charge >= 0.3 is 0 Å². The zero-order chi connectivity index (χ0) is 19.2.